The molecule has 0 saturated carbocycles. The van der Waals surface area contributed by atoms with Gasteiger partial charge in [-0.3, -0.25) is 9.55 Å². The standard InChI is InChI=1S/C48H29N3/c1-2-17-37-35(15-1)36-16-3-4-18-38(36)43-29-33(24-25-39(37)43)31-12-7-11-30(27-31)32-13-8-14-34(28-32)48-50-44-22-9-20-41-40-21-10-26-49-46(40)42-19-5-6-23-45(42)51(48)47(41)44/h1-29H. The van der Waals surface area contributed by atoms with Crippen molar-refractivity contribution in [2.24, 2.45) is 0 Å². The van der Waals surface area contributed by atoms with Gasteiger partial charge in [0.15, 0.2) is 0 Å². The summed E-state index contributed by atoms with van der Waals surface area (Å²) in [5, 5.41) is 7.73. The predicted octanol–water partition coefficient (Wildman–Crippen LogP) is 12.5. The van der Waals surface area contributed by atoms with Gasteiger partial charge in [0.2, 0.25) is 0 Å². The van der Waals surface area contributed by atoms with Crippen molar-refractivity contribution in [3.05, 3.63) is 176 Å². The summed E-state index contributed by atoms with van der Waals surface area (Å²) in [5.41, 5.74) is 13.3. The van der Waals surface area contributed by atoms with Gasteiger partial charge in [0.1, 0.15) is 5.82 Å². The van der Waals surface area contributed by atoms with Crippen molar-refractivity contribution in [3.63, 3.8) is 0 Å². The number of para-hydroxylation sites is 2. The fourth-order valence-corrected chi connectivity index (χ4v) is 8.28. The Balaban J connectivity index is 1.06. The highest BCUT2D eigenvalue weighted by molar-refractivity contribution is 6.25. The van der Waals surface area contributed by atoms with Crippen molar-refractivity contribution in [1.82, 2.24) is 14.5 Å². The molecule has 3 heterocycles. The molecule has 1 aliphatic rings. The Morgan fingerprint density at radius 1 is 0.373 bits per heavy atom. The number of nitrogens with zero attached hydrogens (tertiary/aromatic N) is 3. The average Bonchev–Trinajstić information content (AvgIpc) is 3.55. The van der Waals surface area contributed by atoms with Gasteiger partial charge < -0.3 is 0 Å². The second-order valence-corrected chi connectivity index (χ2v) is 13.4. The van der Waals surface area contributed by atoms with Crippen LogP contribution in [-0.2, 0) is 0 Å². The Labute approximate surface area is 294 Å². The van der Waals surface area contributed by atoms with Crippen LogP contribution in [0.1, 0.15) is 0 Å². The van der Waals surface area contributed by atoms with Crippen LogP contribution in [0, 0.1) is 0 Å². The van der Waals surface area contributed by atoms with Gasteiger partial charge in [0.25, 0.3) is 0 Å². The number of hydrogen-bond donors (Lipinski definition) is 0. The maximum atomic E-state index is 5.29. The van der Waals surface area contributed by atoms with E-state index in [1.807, 2.05) is 12.3 Å². The molecule has 0 amide bonds. The highest BCUT2D eigenvalue weighted by Crippen LogP contribution is 2.45. The summed E-state index contributed by atoms with van der Waals surface area (Å²) >= 11 is 0. The molecule has 2 aromatic heterocycles. The lowest BCUT2D eigenvalue weighted by Crippen LogP contribution is -1.99. The van der Waals surface area contributed by atoms with Crippen molar-refractivity contribution in [2.75, 3.05) is 0 Å². The quantitative estimate of drug-likeness (QED) is 0.179. The molecule has 0 bridgehead atoms. The van der Waals surface area contributed by atoms with Crippen LogP contribution in [0.2, 0.25) is 0 Å². The van der Waals surface area contributed by atoms with E-state index in [1.54, 1.807) is 0 Å². The van der Waals surface area contributed by atoms with Gasteiger partial charge in [-0.25, -0.2) is 4.98 Å². The molecule has 236 valence electrons. The highest BCUT2D eigenvalue weighted by atomic mass is 15.1. The normalized spacial score (nSPS) is 11.9. The van der Waals surface area contributed by atoms with E-state index < -0.39 is 0 Å². The molecular formula is C48H29N3. The third kappa shape index (κ3) is 4.19. The van der Waals surface area contributed by atoms with Crippen molar-refractivity contribution in [1.29, 1.82) is 0 Å². The van der Waals surface area contributed by atoms with Crippen molar-refractivity contribution < 1.29 is 0 Å². The largest absolute Gasteiger partial charge is 0.291 e. The maximum absolute atomic E-state index is 5.29. The molecule has 0 fully saturated rings. The Bertz CT molecular complexity index is 3000. The Hall–Kier alpha value is -6.84. The van der Waals surface area contributed by atoms with Gasteiger partial charge in [0.05, 0.1) is 22.4 Å². The lowest BCUT2D eigenvalue weighted by atomic mass is 9.91. The lowest BCUT2D eigenvalue weighted by Gasteiger charge is -2.14. The lowest BCUT2D eigenvalue weighted by molar-refractivity contribution is 1.11. The minimum absolute atomic E-state index is 0.921. The summed E-state index contributed by atoms with van der Waals surface area (Å²) in [4.78, 5) is 10.2. The number of hydrogen-bond acceptors (Lipinski definition) is 2. The summed E-state index contributed by atoms with van der Waals surface area (Å²) in [5.74, 6) is 0.921. The predicted molar refractivity (Wildman–Crippen MR) is 212 cm³/mol. The van der Waals surface area contributed by atoms with E-state index in [0.29, 0.717) is 0 Å². The number of rotatable bonds is 3. The SMILES string of the molecule is c1cc(-c2cccc(-c3nc4cccc5c4n3-c3ccccc3-c3ncccc3-5)c2)cc(-c2ccc3c4ccccc4c4ccccc4c3c2)c1. The van der Waals surface area contributed by atoms with E-state index in [-0.39, 0.29) is 0 Å². The van der Waals surface area contributed by atoms with Crippen LogP contribution >= 0.6 is 0 Å². The molecule has 11 rings (SSSR count). The molecule has 0 N–H and O–H groups in total. The molecule has 10 aromatic rings. The fraction of sp³-hybridized carbons (Fsp3) is 0. The second-order valence-electron chi connectivity index (χ2n) is 13.4. The third-order valence-corrected chi connectivity index (χ3v) is 10.6. The molecule has 0 saturated heterocycles. The summed E-state index contributed by atoms with van der Waals surface area (Å²) in [6, 6.07) is 61.3. The van der Waals surface area contributed by atoms with Crippen LogP contribution < -0.4 is 0 Å². The summed E-state index contributed by atoms with van der Waals surface area (Å²) < 4.78 is 2.33. The zero-order valence-electron chi connectivity index (χ0n) is 27.6. The van der Waals surface area contributed by atoms with Crippen molar-refractivity contribution in [3.8, 4) is 61.7 Å². The minimum atomic E-state index is 0.921. The zero-order valence-corrected chi connectivity index (χ0v) is 27.6. The monoisotopic (exact) mass is 647 g/mol. The van der Waals surface area contributed by atoms with Crippen LogP contribution in [0.3, 0.4) is 0 Å². The van der Waals surface area contributed by atoms with Crippen molar-refractivity contribution >= 4 is 43.4 Å². The average molecular weight is 648 g/mol. The van der Waals surface area contributed by atoms with Crippen LogP contribution in [0.25, 0.3) is 105 Å². The maximum Gasteiger partial charge on any atom is 0.145 e. The topological polar surface area (TPSA) is 30.7 Å². The van der Waals surface area contributed by atoms with Gasteiger partial charge in [-0.05, 0) is 91.0 Å². The first kappa shape index (κ1) is 28.0. The first-order valence-corrected chi connectivity index (χ1v) is 17.4. The van der Waals surface area contributed by atoms with Crippen LogP contribution in [0.4, 0.5) is 0 Å². The molecule has 3 heteroatoms. The Morgan fingerprint density at radius 3 is 1.67 bits per heavy atom. The molecule has 1 aliphatic heterocycles. The molecule has 8 aromatic carbocycles. The molecule has 0 unspecified atom stereocenters. The van der Waals surface area contributed by atoms with E-state index in [0.717, 1.165) is 56.1 Å². The zero-order chi connectivity index (χ0) is 33.5. The molecule has 0 atom stereocenters. The van der Waals surface area contributed by atoms with Crippen LogP contribution in [0.5, 0.6) is 0 Å². The highest BCUT2D eigenvalue weighted by Gasteiger charge is 2.26. The van der Waals surface area contributed by atoms with E-state index in [4.69, 9.17) is 9.97 Å². The Kier molecular flexibility index (Phi) is 5.96. The Morgan fingerprint density at radius 2 is 0.922 bits per heavy atom. The molecule has 0 aliphatic carbocycles. The fourth-order valence-electron chi connectivity index (χ4n) is 8.28. The molecule has 0 radical (unpaired) electrons. The van der Waals surface area contributed by atoms with Gasteiger partial charge in [0, 0.05) is 28.5 Å². The van der Waals surface area contributed by atoms with Gasteiger partial charge in [-0.15, -0.1) is 0 Å². The summed E-state index contributed by atoms with van der Waals surface area (Å²) in [6.45, 7) is 0. The number of aromatic nitrogens is 3. The van der Waals surface area contributed by atoms with Gasteiger partial charge in [-0.1, -0.05) is 133 Å². The first-order chi connectivity index (χ1) is 25.3. The summed E-state index contributed by atoms with van der Waals surface area (Å²) in [7, 11) is 0. The number of imidazole rings is 1. The minimum Gasteiger partial charge on any atom is -0.291 e. The third-order valence-electron chi connectivity index (χ3n) is 10.6. The number of fused-ring (bicyclic) bond motifs is 11. The number of benzene rings is 8. The van der Waals surface area contributed by atoms with Crippen molar-refractivity contribution in [2.45, 2.75) is 0 Å². The van der Waals surface area contributed by atoms with E-state index >= 15 is 0 Å². The van der Waals surface area contributed by atoms with Crippen LogP contribution in [0.15, 0.2) is 176 Å². The first-order valence-electron chi connectivity index (χ1n) is 17.4. The van der Waals surface area contributed by atoms with E-state index in [2.05, 4.69) is 168 Å². The number of pyridine rings is 1. The van der Waals surface area contributed by atoms with Gasteiger partial charge >= 0.3 is 0 Å². The molecular weight excluding hydrogens is 619 g/mol. The molecule has 0 spiro atoms. The second kappa shape index (κ2) is 10.8. The van der Waals surface area contributed by atoms with E-state index in [1.165, 1.54) is 49.0 Å². The van der Waals surface area contributed by atoms with E-state index in [9.17, 15) is 0 Å². The summed E-state index contributed by atoms with van der Waals surface area (Å²) in [6.07, 6.45) is 1.88. The van der Waals surface area contributed by atoms with Gasteiger partial charge in [-0.2, -0.15) is 0 Å². The smallest absolute Gasteiger partial charge is 0.145 e. The molecule has 3 nitrogen and oxygen atoms in total. The van der Waals surface area contributed by atoms with Crippen LogP contribution in [-0.4, -0.2) is 14.5 Å². The molecule has 51 heavy (non-hydrogen) atoms.